The molecular weight excluding hydrogens is 406 g/mol. The maximum atomic E-state index is 13.0. The number of aromatic nitrogens is 1. The highest BCUT2D eigenvalue weighted by atomic mass is 32.2. The normalized spacial score (nSPS) is 12.5. The summed E-state index contributed by atoms with van der Waals surface area (Å²) in [6.45, 7) is 3.93. The Balaban J connectivity index is 1.82. The molecule has 1 heterocycles. The number of hydrogen-bond donors (Lipinski definition) is 2. The summed E-state index contributed by atoms with van der Waals surface area (Å²) in [5.74, 6) is -0.394. The smallest absolute Gasteiger partial charge is 0.241 e. The first-order chi connectivity index (χ1) is 13.8. The molecule has 0 aliphatic heterocycles. The number of carbonyl (C=O) groups excluding carboxylic acids is 1. The van der Waals surface area contributed by atoms with Crippen molar-refractivity contribution in [3.8, 4) is 0 Å². The van der Waals surface area contributed by atoms with Crippen molar-refractivity contribution >= 4 is 27.3 Å². The molecule has 0 bridgehead atoms. The molecule has 0 radical (unpaired) electrons. The molecule has 0 saturated carbocycles. The fourth-order valence-electron chi connectivity index (χ4n) is 3.01. The standard InChI is InChI=1S/C21H23N3O3S2/c1-15-8-16(2)10-19(9-15)29(26,27)24-20(11-17-6-4-3-5-7-17)21(25)22-12-18-13-28-14-23-18/h3-10,13-14,20,24H,11-12H2,1-2H3,(H,22,25)/t20-/m0/s1. The number of aryl methyl sites for hydroxylation is 2. The Morgan fingerprint density at radius 2 is 1.79 bits per heavy atom. The lowest BCUT2D eigenvalue weighted by Gasteiger charge is -2.19. The summed E-state index contributed by atoms with van der Waals surface area (Å²) in [7, 11) is -3.87. The van der Waals surface area contributed by atoms with Gasteiger partial charge in [-0.15, -0.1) is 11.3 Å². The second-order valence-corrected chi connectivity index (χ2v) is 9.32. The Kier molecular flexibility index (Phi) is 6.79. The average Bonchev–Trinajstić information content (AvgIpc) is 3.19. The van der Waals surface area contributed by atoms with Gasteiger partial charge in [0.05, 0.1) is 22.6 Å². The average molecular weight is 430 g/mol. The molecule has 1 aromatic heterocycles. The van der Waals surface area contributed by atoms with Gasteiger partial charge in [0.2, 0.25) is 15.9 Å². The Hall–Kier alpha value is -2.55. The van der Waals surface area contributed by atoms with Crippen molar-refractivity contribution < 1.29 is 13.2 Å². The molecule has 6 nitrogen and oxygen atoms in total. The van der Waals surface area contributed by atoms with Gasteiger partial charge in [-0.2, -0.15) is 4.72 Å². The molecule has 3 rings (SSSR count). The number of thiazole rings is 1. The summed E-state index contributed by atoms with van der Waals surface area (Å²) < 4.78 is 28.5. The molecule has 8 heteroatoms. The number of rotatable bonds is 8. The molecular formula is C21H23N3O3S2. The van der Waals surface area contributed by atoms with E-state index in [9.17, 15) is 13.2 Å². The third-order valence-electron chi connectivity index (χ3n) is 4.33. The summed E-state index contributed by atoms with van der Waals surface area (Å²) in [5.41, 5.74) is 4.98. The van der Waals surface area contributed by atoms with Crippen LogP contribution in [0, 0.1) is 13.8 Å². The lowest BCUT2D eigenvalue weighted by atomic mass is 10.1. The molecule has 0 unspecified atom stereocenters. The molecule has 0 aliphatic rings. The van der Waals surface area contributed by atoms with E-state index in [4.69, 9.17) is 0 Å². The molecule has 0 fully saturated rings. The largest absolute Gasteiger partial charge is 0.349 e. The van der Waals surface area contributed by atoms with Crippen LogP contribution in [0.2, 0.25) is 0 Å². The van der Waals surface area contributed by atoms with E-state index in [0.717, 1.165) is 22.4 Å². The zero-order valence-corrected chi connectivity index (χ0v) is 17.9. The molecule has 1 amide bonds. The summed E-state index contributed by atoms with van der Waals surface area (Å²) in [6.07, 6.45) is 0.244. The highest BCUT2D eigenvalue weighted by molar-refractivity contribution is 7.89. The van der Waals surface area contributed by atoms with E-state index < -0.39 is 22.0 Å². The first-order valence-corrected chi connectivity index (χ1v) is 11.6. The lowest BCUT2D eigenvalue weighted by molar-refractivity contribution is -0.122. The maximum absolute atomic E-state index is 13.0. The zero-order chi connectivity index (χ0) is 20.9. The van der Waals surface area contributed by atoms with E-state index in [2.05, 4.69) is 15.0 Å². The van der Waals surface area contributed by atoms with Crippen LogP contribution in [-0.2, 0) is 27.8 Å². The van der Waals surface area contributed by atoms with E-state index >= 15 is 0 Å². The van der Waals surface area contributed by atoms with Gasteiger partial charge in [-0.25, -0.2) is 13.4 Å². The van der Waals surface area contributed by atoms with Crippen molar-refractivity contribution in [2.75, 3.05) is 0 Å². The second kappa shape index (κ2) is 9.30. The predicted molar refractivity (Wildman–Crippen MR) is 114 cm³/mol. The predicted octanol–water partition coefficient (Wildman–Crippen LogP) is 2.97. The van der Waals surface area contributed by atoms with Gasteiger partial charge in [-0.3, -0.25) is 4.79 Å². The van der Waals surface area contributed by atoms with E-state index in [1.165, 1.54) is 11.3 Å². The lowest BCUT2D eigenvalue weighted by Crippen LogP contribution is -2.47. The number of carbonyl (C=O) groups is 1. The van der Waals surface area contributed by atoms with Crippen LogP contribution >= 0.6 is 11.3 Å². The highest BCUT2D eigenvalue weighted by Crippen LogP contribution is 2.16. The molecule has 0 aliphatic carbocycles. The highest BCUT2D eigenvalue weighted by Gasteiger charge is 2.26. The van der Waals surface area contributed by atoms with Crippen LogP contribution in [0.4, 0.5) is 0 Å². The number of nitrogens with one attached hydrogen (secondary N) is 2. The van der Waals surface area contributed by atoms with Gasteiger partial charge in [-0.1, -0.05) is 36.4 Å². The minimum atomic E-state index is -3.87. The van der Waals surface area contributed by atoms with Gasteiger partial charge in [0.1, 0.15) is 6.04 Å². The number of sulfonamides is 1. The molecule has 152 valence electrons. The number of benzene rings is 2. The summed E-state index contributed by atoms with van der Waals surface area (Å²) in [4.78, 5) is 17.1. The molecule has 2 N–H and O–H groups in total. The summed E-state index contributed by atoms with van der Waals surface area (Å²) in [5, 5.41) is 4.62. The van der Waals surface area contributed by atoms with Crippen LogP contribution < -0.4 is 10.0 Å². The van der Waals surface area contributed by atoms with E-state index in [-0.39, 0.29) is 17.9 Å². The zero-order valence-electron chi connectivity index (χ0n) is 16.3. The third kappa shape index (κ3) is 5.96. The van der Waals surface area contributed by atoms with Crippen molar-refractivity contribution in [2.24, 2.45) is 0 Å². The second-order valence-electron chi connectivity index (χ2n) is 6.88. The van der Waals surface area contributed by atoms with E-state index in [0.29, 0.717) is 0 Å². The Bertz CT molecular complexity index is 1050. The number of amides is 1. The summed E-state index contributed by atoms with van der Waals surface area (Å²) in [6, 6.07) is 13.5. The molecule has 0 spiro atoms. The quantitative estimate of drug-likeness (QED) is 0.576. The van der Waals surface area contributed by atoms with Gasteiger partial charge in [0, 0.05) is 5.38 Å². The SMILES string of the molecule is Cc1cc(C)cc(S(=O)(=O)N[C@@H](Cc2ccccc2)C(=O)NCc2cscn2)c1. The molecule has 3 aromatic rings. The van der Waals surface area contributed by atoms with Crippen molar-refractivity contribution in [3.05, 3.63) is 81.8 Å². The molecule has 0 saturated heterocycles. The first-order valence-electron chi connectivity index (χ1n) is 9.13. The minimum Gasteiger partial charge on any atom is -0.349 e. The van der Waals surface area contributed by atoms with Crippen LogP contribution in [0.1, 0.15) is 22.4 Å². The fourth-order valence-corrected chi connectivity index (χ4v) is 4.95. The van der Waals surface area contributed by atoms with Crippen LogP contribution in [0.3, 0.4) is 0 Å². The number of hydrogen-bond acceptors (Lipinski definition) is 5. The number of nitrogens with zero attached hydrogens (tertiary/aromatic N) is 1. The molecule has 1 atom stereocenters. The molecule has 29 heavy (non-hydrogen) atoms. The summed E-state index contributed by atoms with van der Waals surface area (Å²) >= 11 is 1.44. The fraction of sp³-hybridized carbons (Fsp3) is 0.238. The van der Waals surface area contributed by atoms with Gasteiger partial charge in [0.15, 0.2) is 0 Å². The van der Waals surface area contributed by atoms with Crippen molar-refractivity contribution in [1.29, 1.82) is 0 Å². The minimum absolute atomic E-state index is 0.153. The molecule has 2 aromatic carbocycles. The van der Waals surface area contributed by atoms with Crippen LogP contribution in [-0.4, -0.2) is 25.4 Å². The van der Waals surface area contributed by atoms with Crippen LogP contribution in [0.25, 0.3) is 0 Å². The van der Waals surface area contributed by atoms with Gasteiger partial charge in [-0.05, 0) is 49.1 Å². The monoisotopic (exact) mass is 429 g/mol. The third-order valence-corrected chi connectivity index (χ3v) is 6.42. The van der Waals surface area contributed by atoms with E-state index in [1.54, 1.807) is 17.6 Å². The Labute approximate surface area is 175 Å². The Morgan fingerprint density at radius 3 is 2.41 bits per heavy atom. The van der Waals surface area contributed by atoms with Gasteiger partial charge >= 0.3 is 0 Å². The van der Waals surface area contributed by atoms with E-state index in [1.807, 2.05) is 55.6 Å². The van der Waals surface area contributed by atoms with Crippen molar-refractivity contribution in [1.82, 2.24) is 15.0 Å². The van der Waals surface area contributed by atoms with Crippen molar-refractivity contribution in [2.45, 2.75) is 37.8 Å². The van der Waals surface area contributed by atoms with Crippen molar-refractivity contribution in [3.63, 3.8) is 0 Å². The van der Waals surface area contributed by atoms with Gasteiger partial charge in [0.25, 0.3) is 0 Å². The maximum Gasteiger partial charge on any atom is 0.241 e. The Morgan fingerprint density at radius 1 is 1.10 bits per heavy atom. The van der Waals surface area contributed by atoms with Crippen LogP contribution in [0.15, 0.2) is 64.3 Å². The first kappa shape index (κ1) is 21.2. The van der Waals surface area contributed by atoms with Crippen LogP contribution in [0.5, 0.6) is 0 Å². The topological polar surface area (TPSA) is 88.2 Å². The van der Waals surface area contributed by atoms with Gasteiger partial charge < -0.3 is 5.32 Å².